The average molecular weight is 725 g/mol. The number of fused-ring (bicyclic) bond motifs is 4. The number of benzene rings is 4. The molecule has 6 nitrogen and oxygen atoms in total. The molecule has 248 valence electrons. The van der Waals surface area contributed by atoms with E-state index in [4.69, 9.17) is 0 Å². The highest BCUT2D eigenvalue weighted by Gasteiger charge is 2.66. The second-order valence-corrected chi connectivity index (χ2v) is 14.5. The summed E-state index contributed by atoms with van der Waals surface area (Å²) in [7, 11) is 0. The number of allylic oxidation sites excluding steroid dienone is 5. The highest BCUT2D eigenvalue weighted by molar-refractivity contribution is 9.10. The Kier molecular flexibility index (Phi) is 7.91. The van der Waals surface area contributed by atoms with Crippen molar-refractivity contribution in [2.75, 3.05) is 4.90 Å². The number of ketones is 2. The molecule has 6 unspecified atom stereocenters. The van der Waals surface area contributed by atoms with Crippen LogP contribution in [0.3, 0.4) is 0 Å². The number of carbonyl (C=O) groups is 4. The van der Waals surface area contributed by atoms with Crippen molar-refractivity contribution < 1.29 is 24.3 Å². The van der Waals surface area contributed by atoms with Crippen LogP contribution in [0.1, 0.15) is 41.0 Å². The van der Waals surface area contributed by atoms with Gasteiger partial charge in [0.05, 0.1) is 22.9 Å². The van der Waals surface area contributed by atoms with Crippen molar-refractivity contribution in [3.05, 3.63) is 160 Å². The number of rotatable bonds is 6. The Bertz CT molecular complexity index is 2140. The zero-order valence-corrected chi connectivity index (χ0v) is 28.8. The monoisotopic (exact) mass is 723 g/mol. The fourth-order valence-corrected chi connectivity index (χ4v) is 9.49. The van der Waals surface area contributed by atoms with E-state index < -0.39 is 35.0 Å². The van der Waals surface area contributed by atoms with Gasteiger partial charge in [-0.3, -0.25) is 24.1 Å². The first-order valence-electron chi connectivity index (χ1n) is 16.9. The summed E-state index contributed by atoms with van der Waals surface area (Å²) in [5.74, 6) is -4.46. The van der Waals surface area contributed by atoms with Crippen LogP contribution in [0.5, 0.6) is 5.75 Å². The highest BCUT2D eigenvalue weighted by atomic mass is 79.9. The summed E-state index contributed by atoms with van der Waals surface area (Å²) in [4.78, 5) is 60.1. The lowest BCUT2D eigenvalue weighted by Crippen LogP contribution is -2.58. The number of amides is 2. The molecule has 8 rings (SSSR count). The van der Waals surface area contributed by atoms with Crippen LogP contribution in [0.4, 0.5) is 5.69 Å². The molecule has 1 saturated heterocycles. The third-order valence-electron chi connectivity index (χ3n) is 11.3. The third-order valence-corrected chi connectivity index (χ3v) is 11.8. The number of Topliss-reactive ketones (excluding diaryl/α,β-unsaturated/α-hetero) is 1. The molecule has 0 bridgehead atoms. The van der Waals surface area contributed by atoms with Gasteiger partial charge in [0.25, 0.3) is 0 Å². The molecule has 6 atom stereocenters. The zero-order chi connectivity index (χ0) is 34.7. The normalized spacial score (nSPS) is 27.2. The number of carbonyl (C=O) groups excluding carboxylic acids is 4. The summed E-state index contributed by atoms with van der Waals surface area (Å²) in [5.41, 5.74) is 2.73. The summed E-state index contributed by atoms with van der Waals surface area (Å²) in [6, 6.07) is 31.2. The van der Waals surface area contributed by atoms with Crippen LogP contribution in [-0.4, -0.2) is 28.5 Å². The smallest absolute Gasteiger partial charge is 0.238 e. The van der Waals surface area contributed by atoms with Crippen molar-refractivity contribution in [3.8, 4) is 5.75 Å². The maximum Gasteiger partial charge on any atom is 0.238 e. The number of halogens is 1. The van der Waals surface area contributed by atoms with E-state index in [0.29, 0.717) is 46.4 Å². The number of anilines is 1. The highest BCUT2D eigenvalue weighted by Crippen LogP contribution is 2.64. The van der Waals surface area contributed by atoms with E-state index in [1.54, 1.807) is 30.3 Å². The molecule has 3 aliphatic carbocycles. The fraction of sp³-hybridized carbons (Fsp3) is 0.209. The van der Waals surface area contributed by atoms with Gasteiger partial charge in [-0.25, -0.2) is 0 Å². The molecule has 1 N–H and O–H groups in total. The topological polar surface area (TPSA) is 91.8 Å². The molecule has 4 aliphatic rings. The van der Waals surface area contributed by atoms with Gasteiger partial charge in [0, 0.05) is 27.4 Å². The molecule has 1 saturated carbocycles. The minimum atomic E-state index is -1.41. The first-order valence-corrected chi connectivity index (χ1v) is 17.7. The number of hydrogen-bond acceptors (Lipinski definition) is 5. The van der Waals surface area contributed by atoms with Crippen molar-refractivity contribution in [1.29, 1.82) is 0 Å². The van der Waals surface area contributed by atoms with Crippen LogP contribution in [0.15, 0.2) is 138 Å². The lowest BCUT2D eigenvalue weighted by atomic mass is 9.44. The first-order chi connectivity index (χ1) is 24.3. The molecule has 1 heterocycles. The van der Waals surface area contributed by atoms with Crippen molar-refractivity contribution in [1.82, 2.24) is 0 Å². The van der Waals surface area contributed by atoms with Crippen molar-refractivity contribution in [2.24, 2.45) is 23.7 Å². The Morgan fingerprint density at radius 2 is 1.54 bits per heavy atom. The van der Waals surface area contributed by atoms with Gasteiger partial charge in [0.15, 0.2) is 11.6 Å². The second kappa shape index (κ2) is 12.3. The second-order valence-electron chi connectivity index (χ2n) is 13.6. The summed E-state index contributed by atoms with van der Waals surface area (Å²) >= 11 is 3.44. The zero-order valence-electron chi connectivity index (χ0n) is 27.2. The van der Waals surface area contributed by atoms with Crippen molar-refractivity contribution in [2.45, 2.75) is 30.6 Å². The van der Waals surface area contributed by atoms with E-state index in [1.165, 1.54) is 11.0 Å². The van der Waals surface area contributed by atoms with E-state index in [1.807, 2.05) is 84.9 Å². The van der Waals surface area contributed by atoms with E-state index >= 15 is 9.59 Å². The molecule has 0 spiro atoms. The van der Waals surface area contributed by atoms with Gasteiger partial charge in [0.2, 0.25) is 11.8 Å². The van der Waals surface area contributed by atoms with Crippen LogP contribution >= 0.6 is 15.9 Å². The van der Waals surface area contributed by atoms with Gasteiger partial charge in [-0.15, -0.1) is 6.58 Å². The molecule has 4 aromatic carbocycles. The van der Waals surface area contributed by atoms with Gasteiger partial charge in [0.1, 0.15) is 5.75 Å². The number of aromatic hydroxyl groups is 1. The standard InChI is InChI=1S/C43H34BrNO5/c1-2-10-26-13-9-16-32(39(26)47)38-30-21-22-31-37(42(50)45(41(31)49)29-19-17-28(44)18-20-29)34(30)23-35-40(48)33(25-11-5-3-6-12-25)24-36(46)43(35,38)27-14-7-4-8-15-27/h2-9,11-21,24,31,34-35,37-38,47H,1,10,22-23H2. The van der Waals surface area contributed by atoms with Gasteiger partial charge in [-0.05, 0) is 72.2 Å². The van der Waals surface area contributed by atoms with Gasteiger partial charge in [-0.2, -0.15) is 0 Å². The summed E-state index contributed by atoms with van der Waals surface area (Å²) in [5, 5.41) is 12.0. The Hall–Kier alpha value is -5.14. The van der Waals surface area contributed by atoms with Crippen molar-refractivity contribution >= 4 is 50.6 Å². The Labute approximate surface area is 299 Å². The quantitative estimate of drug-likeness (QED) is 0.161. The largest absolute Gasteiger partial charge is 0.507 e. The number of hydrogen-bond donors (Lipinski definition) is 1. The average Bonchev–Trinajstić information content (AvgIpc) is 3.40. The molecule has 7 heteroatoms. The van der Waals surface area contributed by atoms with Crippen molar-refractivity contribution in [3.63, 3.8) is 0 Å². The Morgan fingerprint density at radius 1 is 0.840 bits per heavy atom. The molecule has 1 aliphatic heterocycles. The van der Waals surface area contributed by atoms with Crippen LogP contribution < -0.4 is 4.90 Å². The van der Waals surface area contributed by atoms with Crippen LogP contribution in [-0.2, 0) is 31.0 Å². The predicted molar refractivity (Wildman–Crippen MR) is 195 cm³/mol. The SMILES string of the molecule is C=CCc1cccc(C2C3=CCC4C(=O)N(c5ccc(Br)cc5)C(=O)C4C3CC3C(=O)C(c4ccccc4)=CC(=O)C32c2ccccc2)c1O. The van der Waals surface area contributed by atoms with Crippen LogP contribution in [0, 0.1) is 23.7 Å². The van der Waals surface area contributed by atoms with Crippen LogP contribution in [0.25, 0.3) is 5.57 Å². The fourth-order valence-electron chi connectivity index (χ4n) is 9.23. The number of phenols is 1. The summed E-state index contributed by atoms with van der Waals surface area (Å²) in [6.07, 6.45) is 6.13. The molecule has 2 fully saturated rings. The first kappa shape index (κ1) is 32.1. The molecule has 50 heavy (non-hydrogen) atoms. The van der Waals surface area contributed by atoms with Gasteiger partial charge < -0.3 is 5.11 Å². The lowest BCUT2D eigenvalue weighted by Gasteiger charge is -2.55. The number of para-hydroxylation sites is 1. The third kappa shape index (κ3) is 4.67. The molecule has 2 amide bonds. The number of phenolic OH excluding ortho intramolecular Hbond substituents is 1. The number of nitrogens with zero attached hydrogens (tertiary/aromatic N) is 1. The number of imide groups is 1. The van der Waals surface area contributed by atoms with E-state index in [0.717, 1.165) is 10.0 Å². The predicted octanol–water partition coefficient (Wildman–Crippen LogP) is 7.91. The maximum absolute atomic E-state index is 15.2. The minimum Gasteiger partial charge on any atom is -0.507 e. The van der Waals surface area contributed by atoms with Gasteiger partial charge in [-0.1, -0.05) is 113 Å². The molecule has 0 aromatic heterocycles. The van der Waals surface area contributed by atoms with E-state index in [2.05, 4.69) is 22.5 Å². The molecular formula is C43H34BrNO5. The molecule has 0 radical (unpaired) electrons. The van der Waals surface area contributed by atoms with E-state index in [9.17, 15) is 14.7 Å². The molecular weight excluding hydrogens is 690 g/mol. The minimum absolute atomic E-state index is 0.0403. The Balaban J connectivity index is 1.38. The van der Waals surface area contributed by atoms with E-state index in [-0.39, 0.29) is 35.6 Å². The van der Waals surface area contributed by atoms with Gasteiger partial charge >= 0.3 is 0 Å². The molecule has 4 aromatic rings. The maximum atomic E-state index is 15.2. The van der Waals surface area contributed by atoms with Crippen LogP contribution in [0.2, 0.25) is 0 Å². The summed E-state index contributed by atoms with van der Waals surface area (Å²) in [6.45, 7) is 3.87. The summed E-state index contributed by atoms with van der Waals surface area (Å²) < 4.78 is 0.829. The lowest BCUT2D eigenvalue weighted by molar-refractivity contribution is -0.135. The Morgan fingerprint density at radius 3 is 2.24 bits per heavy atom.